The van der Waals surface area contributed by atoms with Crippen LogP contribution in [0.25, 0.3) is 0 Å². The maximum atomic E-state index is 12.1. The minimum atomic E-state index is -0.397. The number of nitrogens with two attached hydrogens (primary N) is 1. The summed E-state index contributed by atoms with van der Waals surface area (Å²) < 4.78 is 24.4. The number of nitrogens with zero attached hydrogens (tertiary/aromatic N) is 13. The van der Waals surface area contributed by atoms with E-state index in [1.54, 1.807) is 59.6 Å². The number of piperidine rings is 3. The van der Waals surface area contributed by atoms with Crippen molar-refractivity contribution >= 4 is 70.7 Å². The molecule has 0 spiro atoms. The molecule has 25 nitrogen and oxygen atoms in total. The van der Waals surface area contributed by atoms with Crippen molar-refractivity contribution in [3.63, 3.8) is 0 Å². The number of esters is 1. The Bertz CT molecular complexity index is 5150. The third kappa shape index (κ3) is 21.6. The van der Waals surface area contributed by atoms with Gasteiger partial charge in [0, 0.05) is 94.7 Å². The molecule has 600 valence electrons. The van der Waals surface area contributed by atoms with Gasteiger partial charge in [0.05, 0.1) is 83.8 Å². The van der Waals surface area contributed by atoms with Crippen molar-refractivity contribution in [2.24, 2.45) is 5.73 Å². The van der Waals surface area contributed by atoms with Gasteiger partial charge in [-0.15, -0.1) is 35.3 Å². The summed E-state index contributed by atoms with van der Waals surface area (Å²) in [6.45, 7) is 21.9. The highest BCUT2D eigenvalue weighted by molar-refractivity contribution is 8.00. The molecule has 0 atom stereocenters. The maximum absolute atomic E-state index is 12.1. The molecule has 15 rings (SSSR count). The van der Waals surface area contributed by atoms with Gasteiger partial charge >= 0.3 is 5.97 Å². The van der Waals surface area contributed by atoms with Gasteiger partial charge < -0.3 is 40.6 Å². The zero-order valence-corrected chi connectivity index (χ0v) is 69.1. The SMILES string of the molecule is CCOC(=O)c1cccc(CN2CCC(Nc3nc4c(c(Oc5c(C)cc(C#N)cc5C)n3)SCCC4)CC2)c1.Cc1cc(C#N)cc(C)c1Oc1nc(NC2CCN(Cc3ccc([N+](=O)[O-])cc3)CC2)nc2c1SCCC2.Cc1cc(C#N)cc(C)c1Oc1nc(NC2CCN(Cc3cccc(C(N)=O)c3)CC2)nc2c1SCCC2. The van der Waals surface area contributed by atoms with Crippen LogP contribution >= 0.6 is 35.3 Å². The maximum Gasteiger partial charge on any atom is 0.338 e. The van der Waals surface area contributed by atoms with Crippen LogP contribution in [0.15, 0.2) is 124 Å². The molecule has 5 N–H and O–H groups in total. The Hall–Kier alpha value is -10.9. The molecule has 6 aromatic carbocycles. The number of carbonyl (C=O) groups is 2. The number of carbonyl (C=O) groups excluding carboxylic acids is 2. The second kappa shape index (κ2) is 39.2. The summed E-state index contributed by atoms with van der Waals surface area (Å²) in [7, 11) is 0. The second-order valence-corrected chi connectivity index (χ2v) is 33.5. The number of nitriles is 3. The number of non-ortho nitro benzene ring substituents is 1. The predicted octanol–water partition coefficient (Wildman–Crippen LogP) is 16.8. The van der Waals surface area contributed by atoms with Gasteiger partial charge in [-0.05, 0) is 254 Å². The minimum absolute atomic E-state index is 0.118. The summed E-state index contributed by atoms with van der Waals surface area (Å²) in [5.74, 6) is 8.18. The zero-order valence-electron chi connectivity index (χ0n) is 66.7. The number of amides is 1. The molecule has 116 heavy (non-hydrogen) atoms. The van der Waals surface area contributed by atoms with Gasteiger partial charge in [0.1, 0.15) is 17.2 Å². The zero-order chi connectivity index (χ0) is 81.4. The van der Waals surface area contributed by atoms with E-state index in [1.807, 2.05) is 127 Å². The van der Waals surface area contributed by atoms with Gasteiger partial charge in [-0.3, -0.25) is 29.6 Å². The van der Waals surface area contributed by atoms with E-state index in [0.29, 0.717) is 69.9 Å². The Morgan fingerprint density at radius 1 is 0.483 bits per heavy atom. The van der Waals surface area contributed by atoms with E-state index in [9.17, 15) is 35.5 Å². The molecule has 9 aromatic rings. The van der Waals surface area contributed by atoms with Gasteiger partial charge in [-0.25, -0.2) is 19.7 Å². The summed E-state index contributed by atoms with van der Waals surface area (Å²) in [4.78, 5) is 73.4. The number of aromatic nitrogens is 6. The second-order valence-electron chi connectivity index (χ2n) is 30.2. The van der Waals surface area contributed by atoms with Gasteiger partial charge in [-0.1, -0.05) is 36.4 Å². The highest BCUT2D eigenvalue weighted by Crippen LogP contribution is 2.44. The smallest absolute Gasteiger partial charge is 0.338 e. The lowest BCUT2D eigenvalue weighted by Crippen LogP contribution is -2.39. The van der Waals surface area contributed by atoms with Crippen molar-refractivity contribution < 1.29 is 33.5 Å². The van der Waals surface area contributed by atoms with Crippen molar-refractivity contribution in [1.29, 1.82) is 15.8 Å². The monoisotopic (exact) mass is 1620 g/mol. The van der Waals surface area contributed by atoms with E-state index in [4.69, 9.17) is 54.6 Å². The van der Waals surface area contributed by atoms with Gasteiger partial charge in [0.15, 0.2) is 0 Å². The topological polar surface area (TPSA) is 335 Å². The summed E-state index contributed by atoms with van der Waals surface area (Å²) >= 11 is 5.23. The van der Waals surface area contributed by atoms with Crippen LogP contribution in [-0.2, 0) is 43.6 Å². The van der Waals surface area contributed by atoms with Crippen molar-refractivity contribution in [1.82, 2.24) is 44.6 Å². The fourth-order valence-corrected chi connectivity index (χ4v) is 18.5. The van der Waals surface area contributed by atoms with E-state index in [0.717, 1.165) is 252 Å². The molecule has 3 saturated heterocycles. The molecular formula is C88H97N17O8S3. The fraction of sp³-hybridized carbons (Fsp3) is 0.398. The third-order valence-electron chi connectivity index (χ3n) is 21.3. The first-order valence-electron chi connectivity index (χ1n) is 39.8. The average Bonchev–Trinajstić information content (AvgIpc) is 0.798. The number of nitrogens with one attached hydrogen (secondary N) is 3. The summed E-state index contributed by atoms with van der Waals surface area (Å²) in [6, 6.07) is 40.6. The molecule has 0 radical (unpaired) electrons. The number of anilines is 3. The molecule has 28 heteroatoms. The summed E-state index contributed by atoms with van der Waals surface area (Å²) in [5, 5.41) is 49.5. The van der Waals surface area contributed by atoms with Crippen molar-refractivity contribution in [2.45, 2.75) is 178 Å². The lowest BCUT2D eigenvalue weighted by Gasteiger charge is -2.32. The molecular weight excluding hydrogens is 1520 g/mol. The summed E-state index contributed by atoms with van der Waals surface area (Å²) in [6.07, 6.45) is 11.7. The van der Waals surface area contributed by atoms with E-state index >= 15 is 0 Å². The molecule has 0 unspecified atom stereocenters. The number of hydrogen-bond acceptors (Lipinski definition) is 26. The standard InChI is InChI=1S/C31H35N5O3S.C29H32N6O2S.C28H30N6O3S/c1-4-38-30(37)24-8-5-7-22(17-24)19-36-12-10-25(11-13-36)33-31-34-26-9-6-14-40-28(26)29(35-31)39-27-20(2)15-23(18-32)16-21(27)3;1-18-13-21(16-30)14-19(2)25(18)37-28-26-24(7-4-12-38-26)33-29(34-28)32-23-8-10-35(11-9-23)17-20-5-3-6-22(15-20)27(31)36;1-18-14-21(16-29)15-19(2)25(18)37-27-26-24(4-3-13-38-26)31-28(32-27)30-22-9-11-33(12-10-22)17-20-5-7-23(8-6-20)34(35)36/h5,7-8,15-17,25H,4,6,9-14,19H2,1-3H3,(H,33,34,35);3,5-6,13-15,23H,4,7-12,17H2,1-2H3,(H2,31,36)(H,32,33,34);5-8,14-15,22H,3-4,9-13,17H2,1-2H3,(H,30,31,32). The number of thioether (sulfide) groups is 3. The number of likely N-dealkylation sites (tertiary alicyclic amines) is 3. The predicted molar refractivity (Wildman–Crippen MR) is 452 cm³/mol. The van der Waals surface area contributed by atoms with Gasteiger partial charge in [-0.2, -0.15) is 30.7 Å². The van der Waals surface area contributed by atoms with Crippen LogP contribution in [-0.4, -0.2) is 143 Å². The number of benzene rings is 6. The molecule has 1 amide bonds. The van der Waals surface area contributed by atoms with Crippen LogP contribution in [0.2, 0.25) is 0 Å². The lowest BCUT2D eigenvalue weighted by molar-refractivity contribution is -0.384. The van der Waals surface area contributed by atoms with E-state index in [-0.39, 0.29) is 34.7 Å². The Kier molecular flexibility index (Phi) is 28.0. The van der Waals surface area contributed by atoms with Crippen LogP contribution in [0.4, 0.5) is 23.5 Å². The molecule has 3 fully saturated rings. The van der Waals surface area contributed by atoms with Crippen molar-refractivity contribution in [2.75, 3.05) is 79.1 Å². The minimum Gasteiger partial charge on any atom is -0.462 e. The number of primary amides is 1. The van der Waals surface area contributed by atoms with Crippen molar-refractivity contribution in [3.05, 3.63) is 214 Å². The number of nitro groups is 1. The Morgan fingerprint density at radius 2 is 0.810 bits per heavy atom. The molecule has 9 heterocycles. The largest absolute Gasteiger partial charge is 0.462 e. The number of ether oxygens (including phenoxy) is 4. The lowest BCUT2D eigenvalue weighted by atomic mass is 10.0. The fourth-order valence-electron chi connectivity index (χ4n) is 15.4. The number of nitro benzene ring substituents is 1. The quantitative estimate of drug-likeness (QED) is 0.0278. The van der Waals surface area contributed by atoms with Crippen molar-refractivity contribution in [3.8, 4) is 53.1 Å². The van der Waals surface area contributed by atoms with Crippen LogP contribution in [0, 0.1) is 85.7 Å². The van der Waals surface area contributed by atoms with Gasteiger partial charge in [0.25, 0.3) is 5.69 Å². The summed E-state index contributed by atoms with van der Waals surface area (Å²) in [5.41, 5.74) is 20.4. The van der Waals surface area contributed by atoms with Crippen LogP contribution < -0.4 is 35.9 Å². The van der Waals surface area contributed by atoms with Crippen LogP contribution in [0.3, 0.4) is 0 Å². The van der Waals surface area contributed by atoms with Crippen LogP contribution in [0.1, 0.15) is 169 Å². The van der Waals surface area contributed by atoms with E-state index in [1.165, 1.54) is 0 Å². The number of aryl methyl sites for hydroxylation is 9. The number of fused-ring (bicyclic) bond motifs is 3. The Balaban J connectivity index is 0.000000151. The normalized spacial score (nSPS) is 15.8. The first-order chi connectivity index (χ1) is 56.2. The van der Waals surface area contributed by atoms with Gasteiger partial charge in [0.2, 0.25) is 41.4 Å². The Labute approximate surface area is 690 Å². The molecule has 3 aromatic heterocycles. The first-order valence-corrected chi connectivity index (χ1v) is 42.7. The molecule has 0 bridgehead atoms. The first kappa shape index (κ1) is 83.1. The highest BCUT2D eigenvalue weighted by Gasteiger charge is 2.30. The number of hydrogen-bond donors (Lipinski definition) is 4. The molecule has 0 saturated carbocycles. The molecule has 6 aliphatic rings. The number of rotatable bonds is 22. The molecule has 6 aliphatic heterocycles. The van der Waals surface area contributed by atoms with E-state index in [2.05, 4.69) is 54.9 Å². The third-order valence-corrected chi connectivity index (χ3v) is 24.8. The van der Waals surface area contributed by atoms with E-state index < -0.39 is 5.91 Å². The van der Waals surface area contributed by atoms with Crippen LogP contribution in [0.5, 0.6) is 34.9 Å². The Morgan fingerprint density at radius 3 is 1.13 bits per heavy atom. The molecule has 0 aliphatic carbocycles. The average molecular weight is 1620 g/mol. The highest BCUT2D eigenvalue weighted by atomic mass is 32.2.